The van der Waals surface area contributed by atoms with Crippen molar-refractivity contribution in [3.05, 3.63) is 0 Å². The van der Waals surface area contributed by atoms with Crippen LogP contribution in [0.15, 0.2) is 0 Å². The first-order chi connectivity index (χ1) is 14.1. The highest BCUT2D eigenvalue weighted by molar-refractivity contribution is 7.48. The molecule has 4 nitrogen and oxygen atoms in total. The van der Waals surface area contributed by atoms with Crippen LogP contribution in [0.4, 0.5) is 0 Å². The molecule has 6 aliphatic carbocycles. The van der Waals surface area contributed by atoms with E-state index in [0.29, 0.717) is 37.6 Å². The Hall–Kier alpha value is 0.110. The van der Waals surface area contributed by atoms with E-state index in [9.17, 15) is 4.57 Å². The minimum Gasteiger partial charge on any atom is -0.287 e. The monoisotopic (exact) mass is 422 g/mol. The predicted molar refractivity (Wildman–Crippen MR) is 112 cm³/mol. The quantitative estimate of drug-likeness (QED) is 0.400. The summed E-state index contributed by atoms with van der Waals surface area (Å²) in [4.78, 5) is 0. The summed E-state index contributed by atoms with van der Waals surface area (Å²) in [6, 6.07) is 0. The fourth-order valence-electron chi connectivity index (χ4n) is 8.41. The Kier molecular flexibility index (Phi) is 5.39. The molecule has 0 saturated heterocycles. The van der Waals surface area contributed by atoms with Gasteiger partial charge in [0, 0.05) is 0 Å². The van der Waals surface area contributed by atoms with Gasteiger partial charge in [-0.05, 0) is 111 Å². The van der Waals surface area contributed by atoms with Crippen LogP contribution in [-0.2, 0) is 18.1 Å². The normalized spacial score (nSPS) is 49.3. The fraction of sp³-hybridized carbons (Fsp3) is 1.00. The van der Waals surface area contributed by atoms with Gasteiger partial charge in [-0.3, -0.25) is 13.6 Å². The average molecular weight is 423 g/mol. The van der Waals surface area contributed by atoms with Gasteiger partial charge < -0.3 is 0 Å². The molecule has 0 aliphatic heterocycles. The van der Waals surface area contributed by atoms with E-state index < -0.39 is 7.82 Å². The van der Waals surface area contributed by atoms with E-state index in [1.165, 1.54) is 77.0 Å². The fourth-order valence-corrected chi connectivity index (χ4v) is 9.76. The molecule has 0 amide bonds. The Labute approximate surface area is 176 Å². The van der Waals surface area contributed by atoms with Gasteiger partial charge in [0.05, 0.1) is 19.8 Å². The third kappa shape index (κ3) is 4.01. The smallest absolute Gasteiger partial charge is 0.287 e. The first-order valence-corrected chi connectivity index (χ1v) is 14.1. The molecule has 0 aromatic heterocycles. The SMILES string of the molecule is O=P(OCC1CC2CCC1C2)(OCC1CC2CCC1C2)OCC1CC2CCC1C2. The Morgan fingerprint density at radius 3 is 1.10 bits per heavy atom. The summed E-state index contributed by atoms with van der Waals surface area (Å²) in [5.74, 6) is 6.71. The lowest BCUT2D eigenvalue weighted by molar-refractivity contribution is 0.0590. The van der Waals surface area contributed by atoms with Crippen LogP contribution in [-0.4, -0.2) is 19.8 Å². The minimum absolute atomic E-state index is 0.569. The second kappa shape index (κ2) is 7.91. The zero-order valence-corrected chi connectivity index (χ0v) is 18.8. The molecule has 0 heterocycles. The van der Waals surface area contributed by atoms with Crippen LogP contribution >= 0.6 is 7.82 Å². The maximum atomic E-state index is 13.6. The van der Waals surface area contributed by atoms with E-state index >= 15 is 0 Å². The van der Waals surface area contributed by atoms with Crippen LogP contribution < -0.4 is 0 Å². The van der Waals surface area contributed by atoms with E-state index in [-0.39, 0.29) is 0 Å². The second-order valence-electron chi connectivity index (χ2n) is 11.6. The molecule has 29 heavy (non-hydrogen) atoms. The molecule has 6 saturated carbocycles. The van der Waals surface area contributed by atoms with E-state index in [4.69, 9.17) is 13.6 Å². The van der Waals surface area contributed by atoms with Crippen LogP contribution in [0.25, 0.3) is 0 Å². The molecular formula is C24H39O4P. The van der Waals surface area contributed by atoms with Crippen LogP contribution in [0.2, 0.25) is 0 Å². The number of fused-ring (bicyclic) bond motifs is 6. The highest BCUT2D eigenvalue weighted by Crippen LogP contribution is 2.57. The topological polar surface area (TPSA) is 44.8 Å². The molecule has 0 radical (unpaired) electrons. The van der Waals surface area contributed by atoms with Gasteiger partial charge in [0.1, 0.15) is 0 Å². The second-order valence-corrected chi connectivity index (χ2v) is 13.3. The standard InChI is InChI=1S/C24H39O4P/c25-29(26-13-22-10-16-1-4-19(22)7-16,27-14-23-11-17-2-5-20(23)8-17)28-15-24-12-18-3-6-21(24)9-18/h16-24H,1-15H2. The van der Waals surface area contributed by atoms with Crippen molar-refractivity contribution in [1.82, 2.24) is 0 Å². The molecule has 6 aliphatic rings. The lowest BCUT2D eigenvalue weighted by Gasteiger charge is -2.28. The van der Waals surface area contributed by atoms with E-state index in [1.54, 1.807) is 0 Å². The van der Waals surface area contributed by atoms with Gasteiger partial charge in [-0.1, -0.05) is 19.3 Å². The van der Waals surface area contributed by atoms with Gasteiger partial charge >= 0.3 is 7.82 Å². The zero-order valence-electron chi connectivity index (χ0n) is 17.9. The summed E-state index contributed by atoms with van der Waals surface area (Å²) in [6.07, 6.45) is 16.0. The van der Waals surface area contributed by atoms with Crippen LogP contribution in [0, 0.1) is 53.3 Å². The molecule has 164 valence electrons. The van der Waals surface area contributed by atoms with Crippen molar-refractivity contribution in [1.29, 1.82) is 0 Å². The summed E-state index contributed by atoms with van der Waals surface area (Å²) in [5.41, 5.74) is 0. The molecule has 6 bridgehead atoms. The van der Waals surface area contributed by atoms with Crippen LogP contribution in [0.3, 0.4) is 0 Å². The molecule has 0 aromatic rings. The van der Waals surface area contributed by atoms with Crippen molar-refractivity contribution in [3.63, 3.8) is 0 Å². The molecule has 0 N–H and O–H groups in total. The zero-order chi connectivity index (χ0) is 19.4. The molecule has 5 heteroatoms. The Morgan fingerprint density at radius 1 is 0.517 bits per heavy atom. The molecular weight excluding hydrogens is 383 g/mol. The first kappa shape index (κ1) is 19.8. The van der Waals surface area contributed by atoms with Crippen molar-refractivity contribution in [2.75, 3.05) is 19.8 Å². The van der Waals surface area contributed by atoms with Crippen molar-refractivity contribution in [2.45, 2.75) is 77.0 Å². The lowest BCUT2D eigenvalue weighted by atomic mass is 9.90. The number of hydrogen-bond acceptors (Lipinski definition) is 4. The maximum absolute atomic E-state index is 13.6. The number of phosphoric ester groups is 1. The number of hydrogen-bond donors (Lipinski definition) is 0. The Bertz CT molecular complexity index is 567. The average Bonchev–Trinajstić information content (AvgIpc) is 3.57. The number of phosphoric acid groups is 1. The molecule has 6 fully saturated rings. The molecule has 6 rings (SSSR count). The molecule has 9 unspecified atom stereocenters. The predicted octanol–water partition coefficient (Wildman–Crippen LogP) is 6.45. The number of rotatable bonds is 9. The third-order valence-electron chi connectivity index (χ3n) is 9.99. The highest BCUT2D eigenvalue weighted by atomic mass is 31.2. The summed E-state index contributed by atoms with van der Waals surface area (Å²) < 4.78 is 31.8. The van der Waals surface area contributed by atoms with Gasteiger partial charge in [0.25, 0.3) is 0 Å². The Morgan fingerprint density at radius 2 is 0.862 bits per heavy atom. The summed E-state index contributed by atoms with van der Waals surface area (Å²) >= 11 is 0. The lowest BCUT2D eigenvalue weighted by Crippen LogP contribution is -2.21. The van der Waals surface area contributed by atoms with E-state index in [1.807, 2.05) is 0 Å². The highest BCUT2D eigenvalue weighted by Gasteiger charge is 2.45. The first-order valence-electron chi connectivity index (χ1n) is 12.7. The minimum atomic E-state index is -3.44. The molecule has 9 atom stereocenters. The molecule has 0 aromatic carbocycles. The summed E-state index contributed by atoms with van der Waals surface area (Å²) in [7, 11) is -3.44. The van der Waals surface area contributed by atoms with Gasteiger partial charge in [0.2, 0.25) is 0 Å². The largest absolute Gasteiger partial charge is 0.474 e. The van der Waals surface area contributed by atoms with Crippen LogP contribution in [0.5, 0.6) is 0 Å². The van der Waals surface area contributed by atoms with Gasteiger partial charge in [-0.25, -0.2) is 4.57 Å². The van der Waals surface area contributed by atoms with Crippen molar-refractivity contribution in [2.24, 2.45) is 53.3 Å². The van der Waals surface area contributed by atoms with Crippen molar-refractivity contribution < 1.29 is 18.1 Å². The summed E-state index contributed by atoms with van der Waals surface area (Å²) in [6.45, 7) is 1.73. The Balaban J connectivity index is 1.06. The van der Waals surface area contributed by atoms with E-state index in [0.717, 1.165) is 35.5 Å². The van der Waals surface area contributed by atoms with Gasteiger partial charge in [-0.2, -0.15) is 0 Å². The third-order valence-corrected chi connectivity index (χ3v) is 11.4. The molecule has 0 spiro atoms. The van der Waals surface area contributed by atoms with Crippen LogP contribution in [0.1, 0.15) is 77.0 Å². The van der Waals surface area contributed by atoms with Gasteiger partial charge in [0.15, 0.2) is 0 Å². The van der Waals surface area contributed by atoms with Crippen molar-refractivity contribution in [3.8, 4) is 0 Å². The van der Waals surface area contributed by atoms with Gasteiger partial charge in [-0.15, -0.1) is 0 Å². The van der Waals surface area contributed by atoms with Crippen molar-refractivity contribution >= 4 is 7.82 Å². The van der Waals surface area contributed by atoms with E-state index in [2.05, 4.69) is 0 Å². The summed E-state index contributed by atoms with van der Waals surface area (Å²) in [5, 5.41) is 0. The maximum Gasteiger partial charge on any atom is 0.474 e.